The maximum absolute atomic E-state index is 12.8. The summed E-state index contributed by atoms with van der Waals surface area (Å²) in [6.07, 6.45) is 7.88. The Kier molecular flexibility index (Phi) is 7.91. The Bertz CT molecular complexity index is 1370. The molecule has 5 rings (SSSR count). The molecule has 0 radical (unpaired) electrons. The van der Waals surface area contributed by atoms with E-state index in [2.05, 4.69) is 39.8 Å². The van der Waals surface area contributed by atoms with Gasteiger partial charge in [-0.2, -0.15) is 0 Å². The second-order valence-electron chi connectivity index (χ2n) is 9.57. The molecule has 2 heterocycles. The molecule has 7 heteroatoms. The lowest BCUT2D eigenvalue weighted by molar-refractivity contribution is -0.124. The molecule has 2 aliphatic rings. The van der Waals surface area contributed by atoms with E-state index in [-0.39, 0.29) is 12.3 Å². The summed E-state index contributed by atoms with van der Waals surface area (Å²) in [6.45, 7) is 2.18. The van der Waals surface area contributed by atoms with Crippen LogP contribution < -0.4 is 15.5 Å². The number of aliphatic hydroxyl groups is 1. The summed E-state index contributed by atoms with van der Waals surface area (Å²) in [6, 6.07) is 21.5. The van der Waals surface area contributed by atoms with E-state index in [4.69, 9.17) is 11.6 Å². The summed E-state index contributed by atoms with van der Waals surface area (Å²) in [5.41, 5.74) is 6.09. The number of carbonyl (C=O) groups is 2. The number of nitrogens with zero attached hydrogens (tertiary/aromatic N) is 1. The summed E-state index contributed by atoms with van der Waals surface area (Å²) in [5.74, 6) is -0.748. The number of carbonyl (C=O) groups excluding carboxylic acids is 2. The average molecular weight is 528 g/mol. The minimum Gasteiger partial charge on any atom is -0.383 e. The normalized spacial score (nSPS) is 17.7. The van der Waals surface area contributed by atoms with Crippen LogP contribution in [0.5, 0.6) is 0 Å². The quantitative estimate of drug-likeness (QED) is 0.279. The molecule has 0 bridgehead atoms. The fourth-order valence-corrected chi connectivity index (χ4v) is 5.07. The van der Waals surface area contributed by atoms with Crippen molar-refractivity contribution in [3.05, 3.63) is 107 Å². The highest BCUT2D eigenvalue weighted by molar-refractivity contribution is 6.30. The maximum Gasteiger partial charge on any atom is 0.253 e. The molecule has 0 spiro atoms. The average Bonchev–Trinajstić information content (AvgIpc) is 2.93. The molecular weight excluding hydrogens is 498 g/mol. The van der Waals surface area contributed by atoms with Crippen LogP contribution in [0.15, 0.2) is 85.0 Å². The third-order valence-electron chi connectivity index (χ3n) is 6.96. The van der Waals surface area contributed by atoms with Crippen molar-refractivity contribution in [3.8, 4) is 0 Å². The van der Waals surface area contributed by atoms with Gasteiger partial charge in [0, 0.05) is 53.2 Å². The number of aliphatic hydroxyl groups excluding tert-OH is 1. The topological polar surface area (TPSA) is 81.7 Å². The Morgan fingerprint density at radius 3 is 2.37 bits per heavy atom. The van der Waals surface area contributed by atoms with Gasteiger partial charge in [-0.1, -0.05) is 54.1 Å². The van der Waals surface area contributed by atoms with Gasteiger partial charge in [0.1, 0.15) is 6.10 Å². The minimum absolute atomic E-state index is 0.148. The van der Waals surface area contributed by atoms with E-state index in [9.17, 15) is 14.7 Å². The number of allylic oxidation sites excluding steroid dienone is 2. The van der Waals surface area contributed by atoms with Gasteiger partial charge in [-0.05, 0) is 72.4 Å². The molecule has 194 valence electrons. The van der Waals surface area contributed by atoms with Crippen molar-refractivity contribution in [2.75, 3.05) is 28.6 Å². The fourth-order valence-electron chi connectivity index (χ4n) is 4.94. The molecule has 1 atom stereocenters. The third kappa shape index (κ3) is 5.98. The monoisotopic (exact) mass is 527 g/mol. The van der Waals surface area contributed by atoms with Crippen molar-refractivity contribution in [3.63, 3.8) is 0 Å². The number of hydrogen-bond donors (Lipinski definition) is 3. The Morgan fingerprint density at radius 2 is 1.66 bits per heavy atom. The minimum atomic E-state index is -1.14. The van der Waals surface area contributed by atoms with Gasteiger partial charge in [-0.25, -0.2) is 0 Å². The zero-order valence-electron chi connectivity index (χ0n) is 21.0. The van der Waals surface area contributed by atoms with Gasteiger partial charge in [0.2, 0.25) is 5.91 Å². The van der Waals surface area contributed by atoms with E-state index in [1.165, 1.54) is 31.0 Å². The van der Waals surface area contributed by atoms with E-state index in [0.29, 0.717) is 22.0 Å². The second kappa shape index (κ2) is 11.7. The Labute approximate surface area is 227 Å². The molecule has 1 fully saturated rings. The van der Waals surface area contributed by atoms with Gasteiger partial charge in [0.05, 0.1) is 0 Å². The van der Waals surface area contributed by atoms with E-state index >= 15 is 0 Å². The van der Waals surface area contributed by atoms with Crippen LogP contribution in [-0.2, 0) is 16.0 Å². The summed E-state index contributed by atoms with van der Waals surface area (Å²) in [5, 5.41) is 16.2. The predicted octanol–water partition coefficient (Wildman–Crippen LogP) is 5.81. The first-order valence-electron chi connectivity index (χ1n) is 12.9. The van der Waals surface area contributed by atoms with Crippen LogP contribution in [0.1, 0.15) is 36.0 Å². The first-order valence-corrected chi connectivity index (χ1v) is 13.3. The Balaban J connectivity index is 1.36. The van der Waals surface area contributed by atoms with Crippen molar-refractivity contribution in [1.29, 1.82) is 0 Å². The largest absolute Gasteiger partial charge is 0.383 e. The number of piperidine rings is 1. The van der Waals surface area contributed by atoms with E-state index in [1.54, 1.807) is 24.3 Å². The molecule has 6 nitrogen and oxygen atoms in total. The number of rotatable bonds is 6. The fraction of sp³-hybridized carbons (Fsp3) is 0.226. The lowest BCUT2D eigenvalue weighted by Gasteiger charge is -2.29. The molecule has 1 saturated heterocycles. The molecule has 1 unspecified atom stereocenters. The number of anilines is 3. The van der Waals surface area contributed by atoms with Gasteiger partial charge >= 0.3 is 0 Å². The van der Waals surface area contributed by atoms with Crippen LogP contribution in [0.4, 0.5) is 17.1 Å². The van der Waals surface area contributed by atoms with Gasteiger partial charge in [0.25, 0.3) is 5.91 Å². The summed E-state index contributed by atoms with van der Waals surface area (Å²) in [7, 11) is 0. The highest BCUT2D eigenvalue weighted by atomic mass is 35.5. The molecule has 3 aromatic rings. The van der Waals surface area contributed by atoms with Gasteiger partial charge in [-0.15, -0.1) is 0 Å². The van der Waals surface area contributed by atoms with Gasteiger partial charge in [-0.3, -0.25) is 9.59 Å². The molecule has 3 N–H and O–H groups in total. The first-order chi connectivity index (χ1) is 18.5. The predicted molar refractivity (Wildman–Crippen MR) is 154 cm³/mol. The third-order valence-corrected chi connectivity index (χ3v) is 7.21. The van der Waals surface area contributed by atoms with Crippen LogP contribution in [0, 0.1) is 0 Å². The molecule has 3 aromatic carbocycles. The SMILES string of the molecule is O=C(C=CC=C(c1ccc(Cl)cc1)c1ccc(N2CCCCC2)cc1)Nc1cccc2c1CC(O)C(=O)N2. The molecule has 0 saturated carbocycles. The highest BCUT2D eigenvalue weighted by Gasteiger charge is 2.26. The standard InChI is InChI=1S/C31H30ClN3O3/c32-23-14-10-21(11-15-23)25(22-12-16-24(17-13-22)35-18-2-1-3-19-35)6-4-9-30(37)33-27-7-5-8-28-26(27)20-29(36)31(38)34-28/h4-17,29,36H,1-3,18-20H2,(H,33,37)(H,34,38). The van der Waals surface area contributed by atoms with Crippen LogP contribution in [0.25, 0.3) is 5.57 Å². The molecule has 0 aliphatic carbocycles. The molecular formula is C31H30ClN3O3. The number of fused-ring (bicyclic) bond motifs is 1. The zero-order chi connectivity index (χ0) is 26.5. The number of benzene rings is 3. The van der Waals surface area contributed by atoms with Crippen LogP contribution in [0.2, 0.25) is 5.02 Å². The van der Waals surface area contributed by atoms with Crippen LogP contribution in [-0.4, -0.2) is 36.1 Å². The zero-order valence-corrected chi connectivity index (χ0v) is 21.7. The number of hydrogen-bond acceptors (Lipinski definition) is 4. The van der Waals surface area contributed by atoms with Crippen molar-refractivity contribution in [1.82, 2.24) is 0 Å². The van der Waals surface area contributed by atoms with E-state index in [0.717, 1.165) is 29.8 Å². The highest BCUT2D eigenvalue weighted by Crippen LogP contribution is 2.30. The smallest absolute Gasteiger partial charge is 0.253 e. The van der Waals surface area contributed by atoms with Crippen molar-refractivity contribution >= 4 is 46.1 Å². The number of amides is 2. The molecule has 2 amide bonds. The van der Waals surface area contributed by atoms with E-state index < -0.39 is 12.0 Å². The van der Waals surface area contributed by atoms with Crippen LogP contribution >= 0.6 is 11.6 Å². The van der Waals surface area contributed by atoms with Crippen molar-refractivity contribution < 1.29 is 14.7 Å². The summed E-state index contributed by atoms with van der Waals surface area (Å²) < 4.78 is 0. The van der Waals surface area contributed by atoms with E-state index in [1.807, 2.05) is 30.3 Å². The Morgan fingerprint density at radius 1 is 0.974 bits per heavy atom. The van der Waals surface area contributed by atoms with Gasteiger partial charge < -0.3 is 20.6 Å². The van der Waals surface area contributed by atoms with Crippen molar-refractivity contribution in [2.45, 2.75) is 31.8 Å². The molecule has 38 heavy (non-hydrogen) atoms. The lowest BCUT2D eigenvalue weighted by Crippen LogP contribution is -2.34. The van der Waals surface area contributed by atoms with Crippen LogP contribution in [0.3, 0.4) is 0 Å². The number of nitrogens with one attached hydrogen (secondary N) is 2. The Hall–Kier alpha value is -3.87. The van der Waals surface area contributed by atoms with Crippen molar-refractivity contribution in [2.24, 2.45) is 0 Å². The lowest BCUT2D eigenvalue weighted by atomic mass is 9.97. The summed E-state index contributed by atoms with van der Waals surface area (Å²) in [4.78, 5) is 27.0. The second-order valence-corrected chi connectivity index (χ2v) is 10.0. The summed E-state index contributed by atoms with van der Waals surface area (Å²) >= 11 is 6.13. The first kappa shape index (κ1) is 25.8. The maximum atomic E-state index is 12.8. The molecule has 0 aromatic heterocycles. The number of halogens is 1. The molecule has 2 aliphatic heterocycles. The van der Waals surface area contributed by atoms with Gasteiger partial charge in [0.15, 0.2) is 0 Å².